The maximum atomic E-state index is 11.9. The number of ether oxygens (including phenoxy) is 1. The van der Waals surface area contributed by atoms with Crippen molar-refractivity contribution in [3.05, 3.63) is 0 Å². The first-order chi connectivity index (χ1) is 9.37. The third kappa shape index (κ3) is 3.51. The van der Waals surface area contributed by atoms with Crippen LogP contribution in [0.25, 0.3) is 0 Å². The first-order valence-corrected chi connectivity index (χ1v) is 8.99. The quantitative estimate of drug-likeness (QED) is 0.667. The molecule has 2 heterocycles. The normalized spacial score (nSPS) is 31.3. The van der Waals surface area contributed by atoms with Gasteiger partial charge in [-0.15, -0.1) is 0 Å². The van der Waals surface area contributed by atoms with Crippen molar-refractivity contribution in [3.63, 3.8) is 0 Å². The molecule has 0 saturated carbocycles. The molecule has 0 aromatic heterocycles. The molecule has 7 heteroatoms. The summed E-state index contributed by atoms with van der Waals surface area (Å²) in [5, 5.41) is 0. The van der Waals surface area contributed by atoms with Crippen LogP contribution in [0.5, 0.6) is 0 Å². The van der Waals surface area contributed by atoms with Crippen LogP contribution < -0.4 is 0 Å². The molecule has 2 rings (SSSR count). The summed E-state index contributed by atoms with van der Waals surface area (Å²) in [6, 6.07) is 0. The Hall–Kier alpha value is -0.660. The van der Waals surface area contributed by atoms with Gasteiger partial charge in [-0.2, -0.15) is 0 Å². The van der Waals surface area contributed by atoms with Gasteiger partial charge in [-0.25, -0.2) is 8.42 Å². The van der Waals surface area contributed by atoms with Crippen LogP contribution >= 0.6 is 0 Å². The van der Waals surface area contributed by atoms with Gasteiger partial charge in [0.1, 0.15) is 0 Å². The molecule has 0 aromatic carbocycles. The Bertz CT molecular complexity index is 457. The van der Waals surface area contributed by atoms with Gasteiger partial charge >= 0.3 is 5.97 Å². The highest BCUT2D eigenvalue weighted by Crippen LogP contribution is 2.34. The van der Waals surface area contributed by atoms with E-state index in [2.05, 4.69) is 16.8 Å². The molecule has 0 amide bonds. The first-order valence-electron chi connectivity index (χ1n) is 7.16. The minimum atomic E-state index is -3.04. The van der Waals surface area contributed by atoms with Crippen molar-refractivity contribution in [1.29, 1.82) is 0 Å². The monoisotopic (exact) mass is 304 g/mol. The average Bonchev–Trinajstić information content (AvgIpc) is 2.67. The molecule has 0 bridgehead atoms. The number of likely N-dealkylation sites (N-methyl/N-ethyl adjacent to an activating group) is 1. The van der Waals surface area contributed by atoms with E-state index >= 15 is 0 Å². The zero-order valence-corrected chi connectivity index (χ0v) is 13.1. The van der Waals surface area contributed by atoms with Crippen molar-refractivity contribution >= 4 is 15.8 Å². The van der Waals surface area contributed by atoms with Crippen LogP contribution in [0.1, 0.15) is 19.8 Å². The van der Waals surface area contributed by atoms with Gasteiger partial charge in [0, 0.05) is 31.7 Å². The lowest BCUT2D eigenvalue weighted by Gasteiger charge is -2.44. The van der Waals surface area contributed by atoms with E-state index in [1.807, 2.05) is 0 Å². The van der Waals surface area contributed by atoms with Crippen LogP contribution in [-0.4, -0.2) is 81.1 Å². The second kappa shape index (κ2) is 5.99. The van der Waals surface area contributed by atoms with E-state index in [9.17, 15) is 13.2 Å². The van der Waals surface area contributed by atoms with E-state index in [-0.39, 0.29) is 23.9 Å². The van der Waals surface area contributed by atoms with E-state index in [0.29, 0.717) is 13.0 Å². The summed E-state index contributed by atoms with van der Waals surface area (Å²) in [6.45, 7) is 5.54. The molecule has 0 N–H and O–H groups in total. The Morgan fingerprint density at radius 3 is 2.40 bits per heavy atom. The second-order valence-electron chi connectivity index (χ2n) is 5.84. The van der Waals surface area contributed by atoms with E-state index in [1.165, 1.54) is 0 Å². The van der Waals surface area contributed by atoms with Crippen molar-refractivity contribution in [2.75, 3.05) is 51.3 Å². The Balaban J connectivity index is 2.14. The van der Waals surface area contributed by atoms with Gasteiger partial charge in [0.25, 0.3) is 0 Å². The second-order valence-corrected chi connectivity index (χ2v) is 8.02. The minimum absolute atomic E-state index is 0.0858. The number of esters is 1. The molecule has 0 aliphatic carbocycles. The van der Waals surface area contributed by atoms with E-state index in [0.717, 1.165) is 26.2 Å². The van der Waals surface area contributed by atoms with Crippen LogP contribution in [0, 0.1) is 0 Å². The highest BCUT2D eigenvalue weighted by Gasteiger charge is 2.48. The summed E-state index contributed by atoms with van der Waals surface area (Å²) < 4.78 is 28.8. The fourth-order valence-corrected chi connectivity index (χ4v) is 5.24. The summed E-state index contributed by atoms with van der Waals surface area (Å²) in [6.07, 6.45) is 0.724. The summed E-state index contributed by atoms with van der Waals surface area (Å²) in [5.74, 6) is -0.0232. The number of carbonyl (C=O) groups is 1. The maximum absolute atomic E-state index is 11.9. The topological polar surface area (TPSA) is 66.9 Å². The first kappa shape index (κ1) is 15.7. The molecule has 0 spiro atoms. The molecular formula is C13H24N2O4S. The minimum Gasteiger partial charge on any atom is -0.466 e. The van der Waals surface area contributed by atoms with Crippen molar-refractivity contribution < 1.29 is 17.9 Å². The number of hydrogen-bond donors (Lipinski definition) is 0. The van der Waals surface area contributed by atoms with Crippen LogP contribution in [0.2, 0.25) is 0 Å². The third-order valence-corrected chi connectivity index (χ3v) is 6.12. The van der Waals surface area contributed by atoms with Crippen molar-refractivity contribution in [1.82, 2.24) is 9.80 Å². The molecule has 1 unspecified atom stereocenters. The number of piperazine rings is 1. The molecule has 0 radical (unpaired) electrons. The Kier molecular flexibility index (Phi) is 4.71. The predicted octanol–water partition coefficient (Wildman–Crippen LogP) is -0.256. The van der Waals surface area contributed by atoms with Gasteiger partial charge in [-0.1, -0.05) is 0 Å². The molecule has 2 fully saturated rings. The predicted molar refractivity (Wildman–Crippen MR) is 76.3 cm³/mol. The average molecular weight is 304 g/mol. The summed E-state index contributed by atoms with van der Waals surface area (Å²) in [4.78, 5) is 16.3. The van der Waals surface area contributed by atoms with Gasteiger partial charge in [0.2, 0.25) is 0 Å². The molecule has 2 saturated heterocycles. The molecule has 2 aliphatic rings. The van der Waals surface area contributed by atoms with Gasteiger partial charge < -0.3 is 9.64 Å². The number of sulfone groups is 1. The van der Waals surface area contributed by atoms with E-state index in [1.54, 1.807) is 6.92 Å². The summed E-state index contributed by atoms with van der Waals surface area (Å²) in [7, 11) is -0.984. The van der Waals surface area contributed by atoms with Crippen molar-refractivity contribution in [3.8, 4) is 0 Å². The van der Waals surface area contributed by atoms with E-state index < -0.39 is 15.4 Å². The van der Waals surface area contributed by atoms with Gasteiger partial charge in [0.05, 0.1) is 24.5 Å². The van der Waals surface area contributed by atoms with Crippen molar-refractivity contribution in [2.24, 2.45) is 0 Å². The molecular weight excluding hydrogens is 280 g/mol. The smallest absolute Gasteiger partial charge is 0.307 e. The maximum Gasteiger partial charge on any atom is 0.307 e. The molecule has 0 aromatic rings. The van der Waals surface area contributed by atoms with Crippen LogP contribution in [0.15, 0.2) is 0 Å². The van der Waals surface area contributed by atoms with Gasteiger partial charge in [-0.05, 0) is 20.4 Å². The summed E-state index contributed by atoms with van der Waals surface area (Å²) in [5.41, 5.74) is -0.549. The molecule has 6 nitrogen and oxygen atoms in total. The Labute approximate surface area is 121 Å². The van der Waals surface area contributed by atoms with Crippen LogP contribution in [0.4, 0.5) is 0 Å². The Morgan fingerprint density at radius 2 is 1.90 bits per heavy atom. The molecule has 20 heavy (non-hydrogen) atoms. The SMILES string of the molecule is CCOC(=O)CC1(N2CCN(C)CC2)CCS(=O)(=O)C1. The van der Waals surface area contributed by atoms with E-state index in [4.69, 9.17) is 4.74 Å². The van der Waals surface area contributed by atoms with Crippen molar-refractivity contribution in [2.45, 2.75) is 25.3 Å². The fourth-order valence-electron chi connectivity index (χ4n) is 3.16. The van der Waals surface area contributed by atoms with Gasteiger partial charge in [-0.3, -0.25) is 9.69 Å². The highest BCUT2D eigenvalue weighted by molar-refractivity contribution is 7.91. The fraction of sp³-hybridized carbons (Fsp3) is 0.923. The number of nitrogens with zero attached hydrogens (tertiary/aromatic N) is 2. The zero-order valence-electron chi connectivity index (χ0n) is 12.3. The number of carbonyl (C=O) groups excluding carboxylic acids is 1. The highest BCUT2D eigenvalue weighted by atomic mass is 32.2. The third-order valence-electron chi connectivity index (χ3n) is 4.32. The van der Waals surface area contributed by atoms with Crippen LogP contribution in [0.3, 0.4) is 0 Å². The largest absolute Gasteiger partial charge is 0.466 e. The number of hydrogen-bond acceptors (Lipinski definition) is 6. The molecule has 1 atom stereocenters. The number of rotatable bonds is 4. The standard InChI is InChI=1S/C13H24N2O4S/c1-3-19-12(16)10-13(4-9-20(17,18)11-13)15-7-5-14(2)6-8-15/h3-11H2,1-2H3. The molecule has 2 aliphatic heterocycles. The zero-order chi connectivity index (χ0) is 14.8. The summed E-state index contributed by atoms with van der Waals surface area (Å²) >= 11 is 0. The van der Waals surface area contributed by atoms with Crippen LogP contribution in [-0.2, 0) is 19.4 Å². The lowest BCUT2D eigenvalue weighted by molar-refractivity contribution is -0.146. The molecule has 116 valence electrons. The Morgan fingerprint density at radius 1 is 1.25 bits per heavy atom. The van der Waals surface area contributed by atoms with Gasteiger partial charge in [0.15, 0.2) is 9.84 Å². The lowest BCUT2D eigenvalue weighted by atomic mass is 9.91. The lowest BCUT2D eigenvalue weighted by Crippen LogP contribution is -2.58.